The highest BCUT2D eigenvalue weighted by Crippen LogP contribution is 2.25. The van der Waals surface area contributed by atoms with E-state index >= 15 is 0 Å². The van der Waals surface area contributed by atoms with Crippen molar-refractivity contribution in [3.63, 3.8) is 0 Å². The summed E-state index contributed by atoms with van der Waals surface area (Å²) < 4.78 is 8.56. The molecule has 1 unspecified atom stereocenters. The van der Waals surface area contributed by atoms with Gasteiger partial charge < -0.3 is 19.2 Å². The Morgan fingerprint density at radius 2 is 1.79 bits per heavy atom. The molecule has 3 rings (SSSR count). The Labute approximate surface area is 194 Å². The zero-order valence-electron chi connectivity index (χ0n) is 20.1. The molecule has 0 aliphatic heterocycles. The fraction of sp³-hybridized carbons (Fsp3) is 0.423. The predicted molar refractivity (Wildman–Crippen MR) is 130 cm³/mol. The van der Waals surface area contributed by atoms with Gasteiger partial charge in [-0.15, -0.1) is 0 Å². The Hall–Kier alpha value is -3.19. The van der Waals surface area contributed by atoms with Gasteiger partial charge in [-0.05, 0) is 30.9 Å². The zero-order valence-corrected chi connectivity index (χ0v) is 20.1. The standard InChI is InChI=1S/C26H33N3O4/c1-6-18(16-33-5)27-25(31)24-20(8-3)23-21(28(24)4)14-19(7-2)29(26(23)32)15-22(30)17-12-10-9-11-13-17/h9-14,18H,6-8,15-16H2,1-5H3,(H,27,31). The van der Waals surface area contributed by atoms with E-state index in [4.69, 9.17) is 4.74 Å². The van der Waals surface area contributed by atoms with Crippen LogP contribution in [0.2, 0.25) is 0 Å². The number of fused-ring (bicyclic) bond motifs is 1. The van der Waals surface area contributed by atoms with Crippen LogP contribution >= 0.6 is 0 Å². The Kier molecular flexibility index (Phi) is 7.87. The van der Waals surface area contributed by atoms with Crippen molar-refractivity contribution in [1.82, 2.24) is 14.5 Å². The van der Waals surface area contributed by atoms with Crippen LogP contribution in [0, 0.1) is 0 Å². The van der Waals surface area contributed by atoms with Crippen molar-refractivity contribution in [2.45, 2.75) is 52.6 Å². The van der Waals surface area contributed by atoms with Crippen LogP contribution in [-0.2, 0) is 31.2 Å². The molecule has 3 aromatic rings. The first-order valence-electron chi connectivity index (χ1n) is 11.5. The van der Waals surface area contributed by atoms with Crippen LogP contribution in [0.4, 0.5) is 0 Å². The first-order chi connectivity index (χ1) is 15.9. The minimum absolute atomic E-state index is 0.0344. The van der Waals surface area contributed by atoms with Crippen molar-refractivity contribution in [2.24, 2.45) is 7.05 Å². The van der Waals surface area contributed by atoms with Crippen LogP contribution < -0.4 is 10.9 Å². The number of methoxy groups -OCH3 is 1. The van der Waals surface area contributed by atoms with E-state index in [1.807, 2.05) is 52.1 Å². The van der Waals surface area contributed by atoms with Gasteiger partial charge >= 0.3 is 0 Å². The van der Waals surface area contributed by atoms with Crippen molar-refractivity contribution in [3.8, 4) is 0 Å². The van der Waals surface area contributed by atoms with Crippen molar-refractivity contribution >= 4 is 22.6 Å². The number of Topliss-reactive ketones (excluding diaryl/α,β-unsaturated/α-hetero) is 1. The number of hydrogen-bond acceptors (Lipinski definition) is 4. The molecule has 2 aromatic heterocycles. The molecular formula is C26H33N3O4. The Bertz CT molecular complexity index is 1210. The molecule has 0 fully saturated rings. The summed E-state index contributed by atoms with van der Waals surface area (Å²) in [5.41, 5.74) is 2.99. The van der Waals surface area contributed by atoms with Crippen LogP contribution in [0.3, 0.4) is 0 Å². The van der Waals surface area contributed by atoms with Crippen molar-refractivity contribution < 1.29 is 14.3 Å². The summed E-state index contributed by atoms with van der Waals surface area (Å²) in [6.45, 7) is 6.26. The number of benzene rings is 1. The fourth-order valence-electron chi connectivity index (χ4n) is 4.35. The molecule has 0 bridgehead atoms. The first kappa shape index (κ1) is 24.5. The lowest BCUT2D eigenvalue weighted by atomic mass is 10.1. The van der Waals surface area contributed by atoms with Crippen LogP contribution in [0.25, 0.3) is 10.9 Å². The number of ether oxygens (including phenoxy) is 1. The molecule has 1 amide bonds. The molecular weight excluding hydrogens is 418 g/mol. The van der Waals surface area contributed by atoms with E-state index in [0.29, 0.717) is 47.2 Å². The van der Waals surface area contributed by atoms with Crippen LogP contribution in [0.5, 0.6) is 0 Å². The van der Waals surface area contributed by atoms with Gasteiger partial charge in [-0.3, -0.25) is 14.4 Å². The van der Waals surface area contributed by atoms with Gasteiger partial charge in [0.25, 0.3) is 11.5 Å². The minimum atomic E-state index is -0.232. The van der Waals surface area contributed by atoms with Crippen molar-refractivity contribution in [2.75, 3.05) is 13.7 Å². The number of ketones is 1. The SMILES string of the molecule is CCc1c(C(=O)NC(CC)COC)n(C)c2cc(CC)n(CC(=O)c3ccccc3)c(=O)c12. The number of amides is 1. The van der Waals surface area contributed by atoms with Crippen LogP contribution in [-0.4, -0.2) is 40.6 Å². The molecule has 7 nitrogen and oxygen atoms in total. The summed E-state index contributed by atoms with van der Waals surface area (Å²) in [6.07, 6.45) is 1.85. The van der Waals surface area contributed by atoms with Gasteiger partial charge in [0.05, 0.1) is 30.1 Å². The van der Waals surface area contributed by atoms with Gasteiger partial charge in [0.15, 0.2) is 5.78 Å². The first-order valence-corrected chi connectivity index (χ1v) is 11.5. The quantitative estimate of drug-likeness (QED) is 0.478. The summed E-state index contributed by atoms with van der Waals surface area (Å²) in [5.74, 6) is -0.345. The van der Waals surface area contributed by atoms with Gasteiger partial charge in [-0.2, -0.15) is 0 Å². The number of aromatic nitrogens is 2. The molecule has 1 N–H and O–H groups in total. The van der Waals surface area contributed by atoms with Crippen molar-refractivity contribution in [1.29, 1.82) is 0 Å². The summed E-state index contributed by atoms with van der Waals surface area (Å²) in [6, 6.07) is 10.8. The number of nitrogens with zero attached hydrogens (tertiary/aromatic N) is 2. The number of pyridine rings is 1. The fourth-order valence-corrected chi connectivity index (χ4v) is 4.35. The number of carbonyl (C=O) groups excluding carboxylic acids is 2. The second-order valence-electron chi connectivity index (χ2n) is 8.20. The Morgan fingerprint density at radius 3 is 2.36 bits per heavy atom. The van der Waals surface area contributed by atoms with E-state index in [0.717, 1.165) is 12.1 Å². The molecule has 0 aliphatic rings. The summed E-state index contributed by atoms with van der Waals surface area (Å²) in [4.78, 5) is 39.8. The molecule has 0 saturated carbocycles. The highest BCUT2D eigenvalue weighted by molar-refractivity contribution is 6.02. The van der Waals surface area contributed by atoms with Gasteiger partial charge in [0.1, 0.15) is 5.69 Å². The third-order valence-electron chi connectivity index (χ3n) is 6.17. The Morgan fingerprint density at radius 1 is 1.09 bits per heavy atom. The largest absolute Gasteiger partial charge is 0.383 e. The average Bonchev–Trinajstić information content (AvgIpc) is 3.12. The number of rotatable bonds is 10. The lowest BCUT2D eigenvalue weighted by Crippen LogP contribution is -2.38. The average molecular weight is 452 g/mol. The molecule has 0 saturated heterocycles. The molecule has 0 spiro atoms. The lowest BCUT2D eigenvalue weighted by molar-refractivity contribution is 0.0885. The predicted octanol–water partition coefficient (Wildman–Crippen LogP) is 3.50. The number of hydrogen-bond donors (Lipinski definition) is 1. The third kappa shape index (κ3) is 4.78. The normalized spacial score (nSPS) is 12.2. The number of carbonyl (C=O) groups is 2. The monoisotopic (exact) mass is 451 g/mol. The van der Waals surface area contributed by atoms with E-state index in [1.165, 1.54) is 0 Å². The number of nitrogens with one attached hydrogen (secondary N) is 1. The molecule has 2 heterocycles. The maximum atomic E-state index is 13.7. The number of aryl methyl sites for hydroxylation is 3. The lowest BCUT2D eigenvalue weighted by Gasteiger charge is -2.17. The third-order valence-corrected chi connectivity index (χ3v) is 6.17. The second kappa shape index (κ2) is 10.6. The van der Waals surface area contributed by atoms with E-state index in [2.05, 4.69) is 5.32 Å². The zero-order chi connectivity index (χ0) is 24.1. The van der Waals surface area contributed by atoms with Gasteiger partial charge in [0, 0.05) is 25.4 Å². The van der Waals surface area contributed by atoms with Crippen LogP contribution in [0.15, 0.2) is 41.2 Å². The maximum absolute atomic E-state index is 13.7. The van der Waals surface area contributed by atoms with Crippen molar-refractivity contribution in [3.05, 3.63) is 69.3 Å². The maximum Gasteiger partial charge on any atom is 0.268 e. The van der Waals surface area contributed by atoms with E-state index in [9.17, 15) is 14.4 Å². The molecule has 33 heavy (non-hydrogen) atoms. The van der Waals surface area contributed by atoms with E-state index in [1.54, 1.807) is 28.4 Å². The molecule has 0 radical (unpaired) electrons. The summed E-state index contributed by atoms with van der Waals surface area (Å²) in [7, 11) is 3.42. The molecule has 1 atom stereocenters. The molecule has 7 heteroatoms. The highest BCUT2D eigenvalue weighted by Gasteiger charge is 2.25. The molecule has 176 valence electrons. The molecule has 0 aliphatic carbocycles. The van der Waals surface area contributed by atoms with Gasteiger partial charge in [-0.1, -0.05) is 51.1 Å². The second-order valence-corrected chi connectivity index (χ2v) is 8.20. The topological polar surface area (TPSA) is 82.3 Å². The highest BCUT2D eigenvalue weighted by atomic mass is 16.5. The van der Waals surface area contributed by atoms with Gasteiger partial charge in [-0.25, -0.2) is 0 Å². The minimum Gasteiger partial charge on any atom is -0.383 e. The molecule has 1 aromatic carbocycles. The van der Waals surface area contributed by atoms with E-state index < -0.39 is 0 Å². The summed E-state index contributed by atoms with van der Waals surface area (Å²) >= 11 is 0. The van der Waals surface area contributed by atoms with Crippen LogP contribution in [0.1, 0.15) is 59.3 Å². The van der Waals surface area contributed by atoms with Gasteiger partial charge in [0.2, 0.25) is 0 Å². The Balaban J connectivity index is 2.13. The smallest absolute Gasteiger partial charge is 0.268 e. The van der Waals surface area contributed by atoms with E-state index in [-0.39, 0.29) is 29.8 Å². The summed E-state index contributed by atoms with van der Waals surface area (Å²) in [5, 5.41) is 3.53.